The Kier molecular flexibility index (Phi) is 10.4. The largest absolute Gasteiger partial charge is 0.494 e. The fraction of sp³-hybridized carbons (Fsp3) is 0.515. The number of aromatic nitrogens is 1. The first-order valence-electron chi connectivity index (χ1n) is 14.7. The van der Waals surface area contributed by atoms with Crippen LogP contribution in [0.4, 0.5) is 5.69 Å². The van der Waals surface area contributed by atoms with Gasteiger partial charge in [-0.3, -0.25) is 14.5 Å². The maximum atomic E-state index is 13.7. The molecule has 1 aliphatic rings. The Bertz CT molecular complexity index is 1410. The second-order valence-electron chi connectivity index (χ2n) is 12.2. The SMILES string of the molecule is CC(C)CC(C)C(C)(C)C(=O)n1c(=O)ccc2ccc(OCCCCN3CCN(c4cccc(Cl)c4Cl)CC3)cc21. The first-order valence-corrected chi connectivity index (χ1v) is 15.5. The minimum atomic E-state index is -0.675. The molecule has 2 heterocycles. The van der Waals surface area contributed by atoms with Gasteiger partial charge in [-0.2, -0.15) is 0 Å². The van der Waals surface area contributed by atoms with E-state index < -0.39 is 5.41 Å². The molecule has 3 aromatic rings. The van der Waals surface area contributed by atoms with Crippen LogP contribution < -0.4 is 15.2 Å². The highest BCUT2D eigenvalue weighted by molar-refractivity contribution is 6.43. The number of hydrogen-bond acceptors (Lipinski definition) is 5. The van der Waals surface area contributed by atoms with E-state index in [2.05, 4.69) is 30.6 Å². The van der Waals surface area contributed by atoms with Crippen LogP contribution in [-0.2, 0) is 0 Å². The van der Waals surface area contributed by atoms with Crippen molar-refractivity contribution in [3.63, 3.8) is 0 Å². The summed E-state index contributed by atoms with van der Waals surface area (Å²) in [5.41, 5.74) is 0.624. The predicted octanol–water partition coefficient (Wildman–Crippen LogP) is 7.64. The minimum absolute atomic E-state index is 0.134. The van der Waals surface area contributed by atoms with Crippen LogP contribution in [0.1, 0.15) is 58.7 Å². The van der Waals surface area contributed by atoms with Crippen LogP contribution in [0.2, 0.25) is 10.0 Å². The van der Waals surface area contributed by atoms with Crippen LogP contribution in [0.15, 0.2) is 53.3 Å². The zero-order chi connectivity index (χ0) is 29.7. The molecule has 222 valence electrons. The standard InChI is InChI=1S/C33H43Cl2N3O3/c1-23(2)21-24(3)33(4,5)32(40)38-29-22-26(13-11-25(29)12-14-30(38)39)41-20-7-6-15-36-16-18-37(19-17-36)28-10-8-9-27(34)31(28)35/h8-14,22-24H,6-7,15-21H2,1-5H3. The number of fused-ring (bicyclic) bond motifs is 1. The third-order valence-electron chi connectivity index (χ3n) is 8.46. The minimum Gasteiger partial charge on any atom is -0.494 e. The van der Waals surface area contributed by atoms with Crippen molar-refractivity contribution in [2.75, 3.05) is 44.2 Å². The first-order chi connectivity index (χ1) is 19.5. The Morgan fingerprint density at radius 3 is 2.39 bits per heavy atom. The number of carbonyl (C=O) groups excluding carboxylic acids is 1. The number of nitrogens with zero attached hydrogens (tertiary/aromatic N) is 3. The molecule has 0 amide bonds. The Labute approximate surface area is 254 Å². The molecule has 0 aliphatic carbocycles. The van der Waals surface area contributed by atoms with Gasteiger partial charge in [-0.15, -0.1) is 0 Å². The van der Waals surface area contributed by atoms with Crippen molar-refractivity contribution >= 4 is 45.7 Å². The fourth-order valence-electron chi connectivity index (χ4n) is 5.59. The molecule has 8 heteroatoms. The molecule has 2 aromatic carbocycles. The summed E-state index contributed by atoms with van der Waals surface area (Å²) in [6.45, 7) is 15.7. The number of anilines is 1. The lowest BCUT2D eigenvalue weighted by molar-refractivity contribution is 0.0640. The van der Waals surface area contributed by atoms with Gasteiger partial charge in [-0.05, 0) is 73.4 Å². The van der Waals surface area contributed by atoms with Gasteiger partial charge in [0.1, 0.15) is 5.75 Å². The van der Waals surface area contributed by atoms with Gasteiger partial charge in [0.15, 0.2) is 0 Å². The highest BCUT2D eigenvalue weighted by atomic mass is 35.5. The smallest absolute Gasteiger partial charge is 0.257 e. The van der Waals surface area contributed by atoms with E-state index in [0.717, 1.165) is 63.1 Å². The summed E-state index contributed by atoms with van der Waals surface area (Å²) in [5, 5.41) is 2.06. The number of halogens is 2. The third-order valence-corrected chi connectivity index (χ3v) is 9.27. The Morgan fingerprint density at radius 1 is 0.976 bits per heavy atom. The molecule has 1 unspecified atom stereocenters. The Hall–Kier alpha value is -2.54. The molecule has 6 nitrogen and oxygen atoms in total. The monoisotopic (exact) mass is 599 g/mol. The van der Waals surface area contributed by atoms with Crippen LogP contribution in [0.5, 0.6) is 5.75 Å². The number of rotatable bonds is 11. The van der Waals surface area contributed by atoms with E-state index in [4.69, 9.17) is 27.9 Å². The van der Waals surface area contributed by atoms with Gasteiger partial charge in [0, 0.05) is 43.7 Å². The number of unbranched alkanes of at least 4 members (excludes halogenated alkanes) is 1. The number of pyridine rings is 1. The highest BCUT2D eigenvalue weighted by Gasteiger charge is 2.36. The van der Waals surface area contributed by atoms with Crippen molar-refractivity contribution in [3.8, 4) is 5.75 Å². The molecular formula is C33H43Cl2N3O3. The van der Waals surface area contributed by atoms with Crippen LogP contribution in [0, 0.1) is 17.3 Å². The average Bonchev–Trinajstić information content (AvgIpc) is 2.94. The lowest BCUT2D eigenvalue weighted by atomic mass is 9.75. The predicted molar refractivity (Wildman–Crippen MR) is 171 cm³/mol. The molecule has 4 rings (SSSR count). The van der Waals surface area contributed by atoms with Crippen molar-refractivity contribution in [2.45, 2.75) is 53.9 Å². The summed E-state index contributed by atoms with van der Waals surface area (Å²) in [4.78, 5) is 31.4. The quantitative estimate of drug-likeness (QED) is 0.212. The van der Waals surface area contributed by atoms with Crippen LogP contribution in [0.25, 0.3) is 10.9 Å². The number of benzene rings is 2. The lowest BCUT2D eigenvalue weighted by Gasteiger charge is -2.36. The molecule has 0 bridgehead atoms. The van der Waals surface area contributed by atoms with Crippen molar-refractivity contribution in [1.82, 2.24) is 9.47 Å². The second-order valence-corrected chi connectivity index (χ2v) is 13.0. The molecule has 41 heavy (non-hydrogen) atoms. The van der Waals surface area contributed by atoms with E-state index >= 15 is 0 Å². The van der Waals surface area contributed by atoms with Gasteiger partial charge in [0.25, 0.3) is 5.56 Å². The van der Waals surface area contributed by atoms with E-state index in [1.54, 1.807) is 6.07 Å². The van der Waals surface area contributed by atoms with Crippen LogP contribution in [-0.4, -0.2) is 54.7 Å². The Morgan fingerprint density at radius 2 is 1.68 bits per heavy atom. The Balaban J connectivity index is 1.32. The summed E-state index contributed by atoms with van der Waals surface area (Å²) >= 11 is 12.6. The van der Waals surface area contributed by atoms with Crippen LogP contribution >= 0.6 is 23.2 Å². The van der Waals surface area contributed by atoms with Gasteiger partial charge in [-0.1, -0.05) is 63.9 Å². The van der Waals surface area contributed by atoms with E-state index in [-0.39, 0.29) is 17.4 Å². The van der Waals surface area contributed by atoms with E-state index in [0.29, 0.717) is 33.8 Å². The van der Waals surface area contributed by atoms with Crippen molar-refractivity contribution < 1.29 is 9.53 Å². The molecule has 0 N–H and O–H groups in total. The highest BCUT2D eigenvalue weighted by Crippen LogP contribution is 2.35. The molecule has 1 aliphatic heterocycles. The fourth-order valence-corrected chi connectivity index (χ4v) is 6.00. The molecule has 1 aromatic heterocycles. The molecule has 1 saturated heterocycles. The molecule has 1 atom stereocenters. The van der Waals surface area contributed by atoms with Gasteiger partial charge in [0.05, 0.1) is 27.9 Å². The van der Waals surface area contributed by atoms with Gasteiger partial charge < -0.3 is 9.64 Å². The molecule has 0 radical (unpaired) electrons. The number of ether oxygens (including phenoxy) is 1. The molecule has 0 spiro atoms. The normalized spacial score (nSPS) is 15.5. The van der Waals surface area contributed by atoms with Gasteiger partial charge in [-0.25, -0.2) is 4.57 Å². The van der Waals surface area contributed by atoms with E-state index in [9.17, 15) is 9.59 Å². The molecular weight excluding hydrogens is 557 g/mol. The number of piperazine rings is 1. The summed E-state index contributed by atoms with van der Waals surface area (Å²) < 4.78 is 7.43. The summed E-state index contributed by atoms with van der Waals surface area (Å²) in [6, 6.07) is 14.7. The topological polar surface area (TPSA) is 54.8 Å². The average molecular weight is 601 g/mol. The zero-order valence-electron chi connectivity index (χ0n) is 25.0. The van der Waals surface area contributed by atoms with Crippen LogP contribution in [0.3, 0.4) is 0 Å². The summed E-state index contributed by atoms with van der Waals surface area (Å²) in [7, 11) is 0. The van der Waals surface area contributed by atoms with Crippen molar-refractivity contribution in [2.24, 2.45) is 17.3 Å². The molecule has 1 fully saturated rings. The maximum Gasteiger partial charge on any atom is 0.257 e. The first kappa shape index (κ1) is 31.4. The van der Waals surface area contributed by atoms with Crippen molar-refractivity contribution in [3.05, 3.63) is 68.9 Å². The number of carbonyl (C=O) groups is 1. The van der Waals surface area contributed by atoms with E-state index in [1.165, 1.54) is 10.6 Å². The zero-order valence-corrected chi connectivity index (χ0v) is 26.5. The molecule has 0 saturated carbocycles. The number of hydrogen-bond donors (Lipinski definition) is 0. The van der Waals surface area contributed by atoms with Gasteiger partial charge >= 0.3 is 0 Å². The summed E-state index contributed by atoms with van der Waals surface area (Å²) in [6.07, 6.45) is 2.85. The third kappa shape index (κ3) is 7.46. The maximum absolute atomic E-state index is 13.7. The van der Waals surface area contributed by atoms with Crippen molar-refractivity contribution in [1.29, 1.82) is 0 Å². The van der Waals surface area contributed by atoms with Gasteiger partial charge in [0.2, 0.25) is 5.91 Å². The second kappa shape index (κ2) is 13.6. The summed E-state index contributed by atoms with van der Waals surface area (Å²) in [5.74, 6) is 1.11. The lowest BCUT2D eigenvalue weighted by Crippen LogP contribution is -2.46. The van der Waals surface area contributed by atoms with E-state index in [1.807, 2.05) is 50.2 Å².